The molecule has 1 aromatic carbocycles. The van der Waals surface area contributed by atoms with Gasteiger partial charge >= 0.3 is 6.03 Å². The second-order valence-electron chi connectivity index (χ2n) is 8.90. The first-order valence-electron chi connectivity index (χ1n) is 9.99. The number of nitrogens with zero attached hydrogens (tertiary/aromatic N) is 2. The zero-order valence-corrected chi connectivity index (χ0v) is 16.8. The number of benzene rings is 1. The van der Waals surface area contributed by atoms with Crippen LogP contribution in [0.25, 0.3) is 0 Å². The Kier molecular flexibility index (Phi) is 6.05. The van der Waals surface area contributed by atoms with E-state index in [0.29, 0.717) is 22.7 Å². The topological polar surface area (TPSA) is 64.7 Å². The molecule has 1 aromatic rings. The minimum Gasteiger partial charge on any atom is -0.336 e. The summed E-state index contributed by atoms with van der Waals surface area (Å²) in [6, 6.07) is 7.32. The van der Waals surface area contributed by atoms with Crippen LogP contribution in [0.4, 0.5) is 10.5 Å². The van der Waals surface area contributed by atoms with Crippen molar-refractivity contribution < 1.29 is 9.59 Å². The van der Waals surface area contributed by atoms with E-state index in [0.717, 1.165) is 52.0 Å². The molecule has 3 rings (SSSR count). The Balaban J connectivity index is 1.50. The van der Waals surface area contributed by atoms with E-state index in [1.807, 2.05) is 23.1 Å². The molecule has 6 heteroatoms. The summed E-state index contributed by atoms with van der Waals surface area (Å²) in [4.78, 5) is 29.1. The summed E-state index contributed by atoms with van der Waals surface area (Å²) in [6.45, 7) is 11.2. The molecule has 148 valence electrons. The van der Waals surface area contributed by atoms with E-state index in [9.17, 15) is 9.59 Å². The zero-order chi connectivity index (χ0) is 19.4. The van der Waals surface area contributed by atoms with Crippen molar-refractivity contribution >= 4 is 17.6 Å². The van der Waals surface area contributed by atoms with E-state index in [1.54, 1.807) is 6.07 Å². The van der Waals surface area contributed by atoms with E-state index in [-0.39, 0.29) is 11.9 Å². The summed E-state index contributed by atoms with van der Waals surface area (Å²) in [5, 5.41) is 5.71. The number of carbonyl (C=O) groups excluding carboxylic acids is 2. The fourth-order valence-electron chi connectivity index (χ4n) is 3.16. The van der Waals surface area contributed by atoms with Gasteiger partial charge in [0.05, 0.1) is 0 Å². The van der Waals surface area contributed by atoms with Gasteiger partial charge in [0.2, 0.25) is 0 Å². The molecule has 1 heterocycles. The Morgan fingerprint density at radius 1 is 1.11 bits per heavy atom. The van der Waals surface area contributed by atoms with E-state index >= 15 is 0 Å². The Hall–Kier alpha value is -2.08. The Morgan fingerprint density at radius 3 is 2.44 bits per heavy atom. The average Bonchev–Trinajstić information content (AvgIpc) is 3.43. The smallest absolute Gasteiger partial charge is 0.319 e. The van der Waals surface area contributed by atoms with Gasteiger partial charge in [0.1, 0.15) is 0 Å². The zero-order valence-electron chi connectivity index (χ0n) is 16.8. The number of hydrogen-bond acceptors (Lipinski definition) is 3. The van der Waals surface area contributed by atoms with Gasteiger partial charge in [-0.1, -0.05) is 26.8 Å². The predicted molar refractivity (Wildman–Crippen MR) is 108 cm³/mol. The SMILES string of the molecule is CC(C)(C)CCN1CCN(C(=O)c2cccc(NC(=O)NC3CC3)c2)CC1. The summed E-state index contributed by atoms with van der Waals surface area (Å²) in [5.74, 6) is 0.0386. The van der Waals surface area contributed by atoms with Crippen molar-refractivity contribution in [1.82, 2.24) is 15.1 Å². The molecule has 0 atom stereocenters. The molecule has 1 aliphatic heterocycles. The highest BCUT2D eigenvalue weighted by molar-refractivity contribution is 5.97. The number of hydrogen-bond donors (Lipinski definition) is 2. The van der Waals surface area contributed by atoms with Crippen LogP contribution in [0.15, 0.2) is 24.3 Å². The third-order valence-electron chi connectivity index (χ3n) is 5.12. The fourth-order valence-corrected chi connectivity index (χ4v) is 3.16. The molecule has 6 nitrogen and oxygen atoms in total. The van der Waals surface area contributed by atoms with Gasteiger partial charge in [-0.05, 0) is 49.4 Å². The maximum atomic E-state index is 12.8. The van der Waals surface area contributed by atoms with Gasteiger partial charge in [-0.3, -0.25) is 9.69 Å². The molecule has 1 saturated carbocycles. The van der Waals surface area contributed by atoms with Crippen molar-refractivity contribution in [2.45, 2.75) is 46.1 Å². The number of piperazine rings is 1. The maximum Gasteiger partial charge on any atom is 0.319 e. The largest absolute Gasteiger partial charge is 0.336 e. The third kappa shape index (κ3) is 6.24. The first-order chi connectivity index (χ1) is 12.8. The van der Waals surface area contributed by atoms with Crippen LogP contribution in [0.3, 0.4) is 0 Å². The first-order valence-corrected chi connectivity index (χ1v) is 9.99. The van der Waals surface area contributed by atoms with Crippen molar-refractivity contribution in [2.24, 2.45) is 5.41 Å². The van der Waals surface area contributed by atoms with Crippen LogP contribution in [0.1, 0.15) is 50.4 Å². The molecule has 2 aliphatic rings. The van der Waals surface area contributed by atoms with Crippen molar-refractivity contribution in [3.05, 3.63) is 29.8 Å². The number of anilines is 1. The second-order valence-corrected chi connectivity index (χ2v) is 8.90. The van der Waals surface area contributed by atoms with Gasteiger partial charge in [0, 0.05) is 43.5 Å². The van der Waals surface area contributed by atoms with Gasteiger partial charge in [0.25, 0.3) is 5.91 Å². The lowest BCUT2D eigenvalue weighted by atomic mass is 9.92. The first kappa shape index (κ1) is 19.7. The molecular formula is C21H32N4O2. The summed E-state index contributed by atoms with van der Waals surface area (Å²) < 4.78 is 0. The maximum absolute atomic E-state index is 12.8. The Bertz CT molecular complexity index is 671. The third-order valence-corrected chi connectivity index (χ3v) is 5.12. The fraction of sp³-hybridized carbons (Fsp3) is 0.619. The molecule has 2 N–H and O–H groups in total. The summed E-state index contributed by atoms with van der Waals surface area (Å²) in [7, 11) is 0. The summed E-state index contributed by atoms with van der Waals surface area (Å²) in [6.07, 6.45) is 3.26. The molecule has 0 bridgehead atoms. The average molecular weight is 373 g/mol. The minimum atomic E-state index is -0.199. The van der Waals surface area contributed by atoms with Crippen LogP contribution >= 0.6 is 0 Å². The Labute approximate surface area is 162 Å². The molecule has 0 aromatic heterocycles. The van der Waals surface area contributed by atoms with E-state index in [4.69, 9.17) is 0 Å². The van der Waals surface area contributed by atoms with Crippen LogP contribution in [0.5, 0.6) is 0 Å². The van der Waals surface area contributed by atoms with E-state index < -0.39 is 0 Å². The molecule has 3 amide bonds. The van der Waals surface area contributed by atoms with Crippen molar-refractivity contribution in [2.75, 3.05) is 38.0 Å². The molecular weight excluding hydrogens is 340 g/mol. The number of urea groups is 1. The quantitative estimate of drug-likeness (QED) is 0.834. The number of carbonyl (C=O) groups is 2. The number of rotatable bonds is 5. The molecule has 27 heavy (non-hydrogen) atoms. The van der Waals surface area contributed by atoms with Gasteiger partial charge in [0.15, 0.2) is 0 Å². The number of nitrogens with one attached hydrogen (secondary N) is 2. The molecule has 1 saturated heterocycles. The van der Waals surface area contributed by atoms with Crippen LogP contribution in [0.2, 0.25) is 0 Å². The van der Waals surface area contributed by atoms with Crippen LogP contribution < -0.4 is 10.6 Å². The normalized spacial score (nSPS) is 18.3. The second kappa shape index (κ2) is 8.30. The summed E-state index contributed by atoms with van der Waals surface area (Å²) >= 11 is 0. The highest BCUT2D eigenvalue weighted by Gasteiger charge is 2.24. The lowest BCUT2D eigenvalue weighted by molar-refractivity contribution is 0.0623. The number of amides is 3. The van der Waals surface area contributed by atoms with Crippen LogP contribution in [0, 0.1) is 5.41 Å². The summed E-state index contributed by atoms with van der Waals surface area (Å²) in [5.41, 5.74) is 1.62. The highest BCUT2D eigenvalue weighted by Crippen LogP contribution is 2.21. The van der Waals surface area contributed by atoms with Crippen molar-refractivity contribution in [1.29, 1.82) is 0 Å². The lowest BCUT2D eigenvalue weighted by Crippen LogP contribution is -2.49. The van der Waals surface area contributed by atoms with E-state index in [1.165, 1.54) is 0 Å². The van der Waals surface area contributed by atoms with Gasteiger partial charge < -0.3 is 15.5 Å². The molecule has 0 unspecified atom stereocenters. The molecule has 1 aliphatic carbocycles. The van der Waals surface area contributed by atoms with Crippen molar-refractivity contribution in [3.8, 4) is 0 Å². The lowest BCUT2D eigenvalue weighted by Gasteiger charge is -2.36. The Morgan fingerprint density at radius 2 is 1.81 bits per heavy atom. The molecule has 0 spiro atoms. The monoisotopic (exact) mass is 372 g/mol. The predicted octanol–water partition coefficient (Wildman–Crippen LogP) is 3.16. The van der Waals surface area contributed by atoms with Gasteiger partial charge in [-0.2, -0.15) is 0 Å². The van der Waals surface area contributed by atoms with E-state index in [2.05, 4.69) is 36.3 Å². The van der Waals surface area contributed by atoms with Crippen molar-refractivity contribution in [3.63, 3.8) is 0 Å². The molecule has 2 fully saturated rings. The highest BCUT2D eigenvalue weighted by atomic mass is 16.2. The minimum absolute atomic E-state index is 0.0386. The molecule has 0 radical (unpaired) electrons. The van der Waals surface area contributed by atoms with Gasteiger partial charge in [-0.15, -0.1) is 0 Å². The standard InChI is InChI=1S/C21H32N4O2/c1-21(2,3)9-10-24-11-13-25(14-12-24)19(26)16-5-4-6-18(15-16)23-20(27)22-17-7-8-17/h4-6,15,17H,7-14H2,1-3H3,(H2,22,23,27). The van der Waals surface area contributed by atoms with Gasteiger partial charge in [-0.25, -0.2) is 4.79 Å². The van der Waals surface area contributed by atoms with Crippen LogP contribution in [-0.2, 0) is 0 Å². The van der Waals surface area contributed by atoms with Crippen LogP contribution in [-0.4, -0.2) is 60.5 Å².